The third-order valence-electron chi connectivity index (χ3n) is 3.04. The lowest BCUT2D eigenvalue weighted by molar-refractivity contribution is 0.108. The molecule has 1 saturated carbocycles. The van der Waals surface area contributed by atoms with Crippen LogP contribution in [0, 0.1) is 0 Å². The lowest BCUT2D eigenvalue weighted by Gasteiger charge is -2.09. The van der Waals surface area contributed by atoms with E-state index in [-0.39, 0.29) is 5.82 Å². The summed E-state index contributed by atoms with van der Waals surface area (Å²) in [5.74, 6) is 0.619. The molecule has 1 aromatic rings. The molecule has 0 saturated heterocycles. The summed E-state index contributed by atoms with van der Waals surface area (Å²) >= 11 is 0. The number of methoxy groups -OCH3 is 1. The fourth-order valence-corrected chi connectivity index (χ4v) is 2.15. The van der Waals surface area contributed by atoms with E-state index in [0.29, 0.717) is 12.0 Å². The zero-order valence-corrected chi connectivity index (χ0v) is 9.59. The van der Waals surface area contributed by atoms with Gasteiger partial charge in [0.1, 0.15) is 0 Å². The van der Waals surface area contributed by atoms with Crippen molar-refractivity contribution in [2.75, 3.05) is 12.4 Å². The number of ether oxygens (including phenoxy) is 1. The molecule has 0 bridgehead atoms. The van der Waals surface area contributed by atoms with Gasteiger partial charge >= 0.3 is 6.09 Å². The molecule has 2 atom stereocenters. The molecule has 1 amide bonds. The summed E-state index contributed by atoms with van der Waals surface area (Å²) < 4.78 is 5.30. The van der Waals surface area contributed by atoms with Crippen molar-refractivity contribution in [2.45, 2.75) is 31.3 Å². The molecule has 0 aromatic carbocycles. The average molecular weight is 237 g/mol. The van der Waals surface area contributed by atoms with Gasteiger partial charge in [0.2, 0.25) is 0 Å². The van der Waals surface area contributed by atoms with Gasteiger partial charge in [0.25, 0.3) is 0 Å². The minimum Gasteiger partial charge on any atom is -0.465 e. The van der Waals surface area contributed by atoms with Gasteiger partial charge in [-0.1, -0.05) is 0 Å². The number of hydrogen-bond donors (Lipinski definition) is 2. The van der Waals surface area contributed by atoms with Crippen molar-refractivity contribution in [2.24, 2.45) is 0 Å². The Balaban J connectivity index is 2.01. The number of amides is 1. The van der Waals surface area contributed by atoms with Crippen LogP contribution in [0.5, 0.6) is 0 Å². The minimum atomic E-state index is -1.13. The van der Waals surface area contributed by atoms with Gasteiger partial charge in [-0.05, 0) is 19.3 Å². The van der Waals surface area contributed by atoms with Crippen molar-refractivity contribution in [3.8, 4) is 0 Å². The molecule has 0 radical (unpaired) electrons. The number of carbonyl (C=O) groups is 1. The minimum absolute atomic E-state index is 0.252. The number of aromatic nitrogens is 2. The molecule has 92 valence electrons. The van der Waals surface area contributed by atoms with Crippen molar-refractivity contribution < 1.29 is 14.6 Å². The molecule has 0 spiro atoms. The molecule has 17 heavy (non-hydrogen) atoms. The fraction of sp³-hybridized carbons (Fsp3) is 0.545. The monoisotopic (exact) mass is 237 g/mol. The molecule has 1 aromatic heterocycles. The lowest BCUT2D eigenvalue weighted by atomic mass is 10.0. The number of anilines is 1. The van der Waals surface area contributed by atoms with E-state index >= 15 is 0 Å². The van der Waals surface area contributed by atoms with E-state index in [9.17, 15) is 4.79 Å². The second-order valence-electron chi connectivity index (χ2n) is 4.12. The Labute approximate surface area is 99.0 Å². The highest BCUT2D eigenvalue weighted by atomic mass is 16.5. The van der Waals surface area contributed by atoms with Gasteiger partial charge in [0, 0.05) is 13.0 Å². The SMILES string of the molecule is COC1CCC(c2cnc(NC(=O)O)cn2)C1. The highest BCUT2D eigenvalue weighted by Crippen LogP contribution is 2.34. The highest BCUT2D eigenvalue weighted by Gasteiger charge is 2.26. The van der Waals surface area contributed by atoms with Crippen molar-refractivity contribution >= 4 is 11.9 Å². The quantitative estimate of drug-likeness (QED) is 0.838. The Morgan fingerprint density at radius 1 is 1.47 bits per heavy atom. The molecule has 2 N–H and O–H groups in total. The standard InChI is InChI=1S/C11H15N3O3/c1-17-8-3-2-7(4-8)9-5-13-10(6-12-9)14-11(15)16/h5-8H,2-4H2,1H3,(H,13,14)(H,15,16). The van der Waals surface area contributed by atoms with Crippen molar-refractivity contribution in [1.29, 1.82) is 0 Å². The molecule has 0 aliphatic heterocycles. The Hall–Kier alpha value is -1.69. The zero-order valence-electron chi connectivity index (χ0n) is 9.59. The Morgan fingerprint density at radius 3 is 2.82 bits per heavy atom. The van der Waals surface area contributed by atoms with E-state index in [1.165, 1.54) is 6.20 Å². The second kappa shape index (κ2) is 5.09. The van der Waals surface area contributed by atoms with Crippen LogP contribution in [0.1, 0.15) is 30.9 Å². The van der Waals surface area contributed by atoms with Gasteiger partial charge in [-0.25, -0.2) is 9.78 Å². The molecule has 6 heteroatoms. The molecule has 1 aliphatic carbocycles. The molecule has 1 fully saturated rings. The Morgan fingerprint density at radius 2 is 2.29 bits per heavy atom. The van der Waals surface area contributed by atoms with Gasteiger partial charge in [-0.2, -0.15) is 0 Å². The van der Waals surface area contributed by atoms with Crippen LogP contribution >= 0.6 is 0 Å². The van der Waals surface area contributed by atoms with Crippen LogP contribution in [0.3, 0.4) is 0 Å². The summed E-state index contributed by atoms with van der Waals surface area (Å²) in [6.07, 6.45) is 5.29. The molecule has 1 heterocycles. The summed E-state index contributed by atoms with van der Waals surface area (Å²) in [7, 11) is 1.72. The molecule has 2 rings (SSSR count). The van der Waals surface area contributed by atoms with Crippen LogP contribution in [0.2, 0.25) is 0 Å². The lowest BCUT2D eigenvalue weighted by Crippen LogP contribution is -2.10. The van der Waals surface area contributed by atoms with Crippen LogP contribution < -0.4 is 5.32 Å². The van der Waals surface area contributed by atoms with Gasteiger partial charge in [-0.15, -0.1) is 0 Å². The molecule has 2 unspecified atom stereocenters. The second-order valence-corrected chi connectivity index (χ2v) is 4.12. The summed E-state index contributed by atoms with van der Waals surface area (Å²) in [4.78, 5) is 18.7. The maximum absolute atomic E-state index is 10.4. The Kier molecular flexibility index (Phi) is 3.53. The summed E-state index contributed by atoms with van der Waals surface area (Å²) in [5, 5.41) is 10.7. The topological polar surface area (TPSA) is 84.3 Å². The summed E-state index contributed by atoms with van der Waals surface area (Å²) in [6, 6.07) is 0. The maximum Gasteiger partial charge on any atom is 0.410 e. The van der Waals surface area contributed by atoms with Crippen LogP contribution in [0.15, 0.2) is 12.4 Å². The van der Waals surface area contributed by atoms with E-state index in [1.54, 1.807) is 13.3 Å². The fourth-order valence-electron chi connectivity index (χ4n) is 2.15. The highest BCUT2D eigenvalue weighted by molar-refractivity contribution is 5.81. The average Bonchev–Trinajstić information content (AvgIpc) is 2.78. The van der Waals surface area contributed by atoms with Crippen molar-refractivity contribution in [3.05, 3.63) is 18.1 Å². The first-order chi connectivity index (χ1) is 8.19. The predicted octanol–water partition coefficient (Wildman–Crippen LogP) is 1.85. The first kappa shape index (κ1) is 11.8. The number of hydrogen-bond acceptors (Lipinski definition) is 4. The van der Waals surface area contributed by atoms with E-state index in [4.69, 9.17) is 9.84 Å². The van der Waals surface area contributed by atoms with Crippen molar-refractivity contribution in [3.63, 3.8) is 0 Å². The van der Waals surface area contributed by atoms with E-state index in [2.05, 4.69) is 15.3 Å². The van der Waals surface area contributed by atoms with Gasteiger partial charge in [0.15, 0.2) is 5.82 Å². The Bertz CT molecular complexity index is 393. The molecular formula is C11H15N3O3. The number of nitrogens with one attached hydrogen (secondary N) is 1. The molecule has 1 aliphatic rings. The maximum atomic E-state index is 10.4. The van der Waals surface area contributed by atoms with Gasteiger partial charge in [-0.3, -0.25) is 10.3 Å². The van der Waals surface area contributed by atoms with Crippen LogP contribution in [-0.2, 0) is 4.74 Å². The number of rotatable bonds is 3. The van der Waals surface area contributed by atoms with Crippen LogP contribution in [0.4, 0.5) is 10.6 Å². The summed E-state index contributed by atoms with van der Waals surface area (Å²) in [5.41, 5.74) is 0.903. The largest absolute Gasteiger partial charge is 0.465 e. The molecular weight excluding hydrogens is 222 g/mol. The third kappa shape index (κ3) is 2.91. The van der Waals surface area contributed by atoms with Crippen LogP contribution in [-0.4, -0.2) is 34.4 Å². The van der Waals surface area contributed by atoms with Gasteiger partial charge in [0.05, 0.1) is 24.2 Å². The number of nitrogens with zero attached hydrogens (tertiary/aromatic N) is 2. The first-order valence-corrected chi connectivity index (χ1v) is 5.53. The third-order valence-corrected chi connectivity index (χ3v) is 3.04. The zero-order chi connectivity index (χ0) is 12.3. The normalized spacial score (nSPS) is 23.6. The van der Waals surface area contributed by atoms with E-state index in [1.807, 2.05) is 0 Å². The molecule has 6 nitrogen and oxygen atoms in total. The van der Waals surface area contributed by atoms with Crippen molar-refractivity contribution in [1.82, 2.24) is 9.97 Å². The van der Waals surface area contributed by atoms with E-state index < -0.39 is 6.09 Å². The summed E-state index contributed by atoms with van der Waals surface area (Å²) in [6.45, 7) is 0. The van der Waals surface area contributed by atoms with Gasteiger partial charge < -0.3 is 9.84 Å². The van der Waals surface area contributed by atoms with E-state index in [0.717, 1.165) is 25.0 Å². The smallest absolute Gasteiger partial charge is 0.410 e. The first-order valence-electron chi connectivity index (χ1n) is 5.53. The number of carboxylic acid groups (broad SMARTS) is 1. The predicted molar refractivity (Wildman–Crippen MR) is 61.1 cm³/mol. The van der Waals surface area contributed by atoms with Crippen LogP contribution in [0.25, 0.3) is 0 Å².